The van der Waals surface area contributed by atoms with E-state index in [1.54, 1.807) is 11.1 Å². The van der Waals surface area contributed by atoms with E-state index in [1.165, 1.54) is 44.9 Å². The van der Waals surface area contributed by atoms with Gasteiger partial charge in [-0.05, 0) is 39.0 Å². The summed E-state index contributed by atoms with van der Waals surface area (Å²) in [7, 11) is 0. The lowest BCUT2D eigenvalue weighted by Gasteiger charge is -2.23. The summed E-state index contributed by atoms with van der Waals surface area (Å²) in [6.07, 6.45) is 14.5. The topological polar surface area (TPSA) is 0 Å². The highest BCUT2D eigenvalue weighted by atomic mass is 14.2. The molecule has 17 heavy (non-hydrogen) atoms. The minimum atomic E-state index is 0.727. The molecule has 98 valence electrons. The van der Waals surface area contributed by atoms with Crippen molar-refractivity contribution in [2.24, 2.45) is 11.8 Å². The molecule has 0 radical (unpaired) electrons. The van der Waals surface area contributed by atoms with E-state index in [0.29, 0.717) is 0 Å². The molecule has 0 fully saturated rings. The van der Waals surface area contributed by atoms with E-state index in [-0.39, 0.29) is 0 Å². The van der Waals surface area contributed by atoms with Crippen LogP contribution < -0.4 is 0 Å². The van der Waals surface area contributed by atoms with Crippen LogP contribution in [-0.2, 0) is 0 Å². The zero-order valence-electron chi connectivity index (χ0n) is 12.3. The molecule has 0 aliphatic heterocycles. The molecule has 0 heterocycles. The smallest absolute Gasteiger partial charge is 0.000403 e. The second-order valence-electron chi connectivity index (χ2n) is 5.65. The van der Waals surface area contributed by atoms with E-state index < -0.39 is 0 Å². The van der Waals surface area contributed by atoms with E-state index >= 15 is 0 Å². The van der Waals surface area contributed by atoms with Gasteiger partial charge < -0.3 is 0 Å². The quantitative estimate of drug-likeness (QED) is 0.522. The molecule has 0 aromatic rings. The molecule has 0 aromatic heterocycles. The minimum absolute atomic E-state index is 0.727. The Morgan fingerprint density at radius 2 is 1.88 bits per heavy atom. The molecular weight excluding hydrogens is 204 g/mol. The number of hydrogen-bond donors (Lipinski definition) is 0. The second kappa shape index (κ2) is 7.74. The Labute approximate surface area is 108 Å². The van der Waals surface area contributed by atoms with Gasteiger partial charge in [-0.1, -0.05) is 62.8 Å². The average molecular weight is 234 g/mol. The fourth-order valence-corrected chi connectivity index (χ4v) is 3.17. The van der Waals surface area contributed by atoms with Crippen LogP contribution in [0.4, 0.5) is 0 Å². The van der Waals surface area contributed by atoms with Crippen LogP contribution in [0.3, 0.4) is 0 Å². The SMILES string of the molecule is CC=C(CC)C1CCCCCCC(C)C=C1C. The highest BCUT2D eigenvalue weighted by Gasteiger charge is 2.16. The van der Waals surface area contributed by atoms with Crippen molar-refractivity contribution in [3.05, 3.63) is 23.3 Å². The summed E-state index contributed by atoms with van der Waals surface area (Å²) < 4.78 is 0. The van der Waals surface area contributed by atoms with Crippen LogP contribution in [0.5, 0.6) is 0 Å². The lowest BCUT2D eigenvalue weighted by molar-refractivity contribution is 0.494. The highest BCUT2D eigenvalue weighted by molar-refractivity contribution is 5.20. The zero-order chi connectivity index (χ0) is 12.7. The molecule has 1 aliphatic rings. The summed E-state index contributed by atoms with van der Waals surface area (Å²) in [5, 5.41) is 0. The first-order chi connectivity index (χ1) is 8.19. The Morgan fingerprint density at radius 1 is 1.24 bits per heavy atom. The molecule has 0 amide bonds. The number of allylic oxidation sites excluding steroid dienone is 4. The summed E-state index contributed by atoms with van der Waals surface area (Å²) in [4.78, 5) is 0. The Bertz CT molecular complexity index is 270. The van der Waals surface area contributed by atoms with Crippen molar-refractivity contribution in [2.45, 2.75) is 72.6 Å². The first kappa shape index (κ1) is 14.5. The maximum Gasteiger partial charge on any atom is 0.000403 e. The van der Waals surface area contributed by atoms with E-state index in [0.717, 1.165) is 11.8 Å². The van der Waals surface area contributed by atoms with Crippen molar-refractivity contribution in [1.82, 2.24) is 0 Å². The van der Waals surface area contributed by atoms with Crippen molar-refractivity contribution in [2.75, 3.05) is 0 Å². The van der Waals surface area contributed by atoms with Crippen molar-refractivity contribution in [1.29, 1.82) is 0 Å². The lowest BCUT2D eigenvalue weighted by atomic mass is 9.82. The summed E-state index contributed by atoms with van der Waals surface area (Å²) >= 11 is 0. The van der Waals surface area contributed by atoms with Gasteiger partial charge in [-0.15, -0.1) is 0 Å². The van der Waals surface area contributed by atoms with Crippen molar-refractivity contribution < 1.29 is 0 Å². The van der Waals surface area contributed by atoms with Gasteiger partial charge in [-0.25, -0.2) is 0 Å². The maximum absolute atomic E-state index is 2.54. The molecule has 0 aromatic carbocycles. The van der Waals surface area contributed by atoms with Gasteiger partial charge in [0.25, 0.3) is 0 Å². The molecule has 0 nitrogen and oxygen atoms in total. The van der Waals surface area contributed by atoms with Crippen LogP contribution in [0, 0.1) is 11.8 Å². The summed E-state index contributed by atoms with van der Waals surface area (Å²) in [5.41, 5.74) is 3.26. The van der Waals surface area contributed by atoms with Crippen LogP contribution in [-0.4, -0.2) is 0 Å². The van der Waals surface area contributed by atoms with Gasteiger partial charge in [0.1, 0.15) is 0 Å². The predicted molar refractivity (Wildman–Crippen MR) is 78.2 cm³/mol. The van der Waals surface area contributed by atoms with Gasteiger partial charge >= 0.3 is 0 Å². The summed E-state index contributed by atoms with van der Waals surface area (Å²) in [6, 6.07) is 0. The van der Waals surface area contributed by atoms with Crippen molar-refractivity contribution in [3.8, 4) is 0 Å². The Kier molecular flexibility index (Phi) is 6.62. The molecule has 1 rings (SSSR count). The fourth-order valence-electron chi connectivity index (χ4n) is 3.17. The molecule has 0 saturated heterocycles. The molecule has 2 unspecified atom stereocenters. The Morgan fingerprint density at radius 3 is 2.47 bits per heavy atom. The molecule has 0 spiro atoms. The normalized spacial score (nSPS) is 28.7. The van der Waals surface area contributed by atoms with Crippen LogP contribution in [0.2, 0.25) is 0 Å². The van der Waals surface area contributed by atoms with Gasteiger partial charge in [-0.2, -0.15) is 0 Å². The minimum Gasteiger partial charge on any atom is -0.0879 e. The molecule has 0 bridgehead atoms. The first-order valence-electron chi connectivity index (χ1n) is 7.52. The first-order valence-corrected chi connectivity index (χ1v) is 7.52. The van der Waals surface area contributed by atoms with E-state index in [4.69, 9.17) is 0 Å². The lowest BCUT2D eigenvalue weighted by Crippen LogP contribution is -2.08. The summed E-state index contributed by atoms with van der Waals surface area (Å²) in [6.45, 7) is 9.23. The average Bonchev–Trinajstić information content (AvgIpc) is 2.31. The van der Waals surface area contributed by atoms with Gasteiger partial charge in [-0.3, -0.25) is 0 Å². The van der Waals surface area contributed by atoms with Crippen LogP contribution in [0.15, 0.2) is 23.3 Å². The highest BCUT2D eigenvalue weighted by Crippen LogP contribution is 2.31. The van der Waals surface area contributed by atoms with Gasteiger partial charge in [0.2, 0.25) is 0 Å². The monoisotopic (exact) mass is 234 g/mol. The largest absolute Gasteiger partial charge is 0.0879 e. The van der Waals surface area contributed by atoms with E-state index in [1.807, 2.05) is 0 Å². The van der Waals surface area contributed by atoms with Crippen LogP contribution in [0.25, 0.3) is 0 Å². The molecule has 2 atom stereocenters. The van der Waals surface area contributed by atoms with Gasteiger partial charge in [0, 0.05) is 5.92 Å². The van der Waals surface area contributed by atoms with Crippen molar-refractivity contribution >= 4 is 0 Å². The molecule has 0 saturated carbocycles. The van der Waals surface area contributed by atoms with Crippen molar-refractivity contribution in [3.63, 3.8) is 0 Å². The Hall–Kier alpha value is -0.520. The molecular formula is C17H30. The van der Waals surface area contributed by atoms with E-state index in [2.05, 4.69) is 39.8 Å². The predicted octanol–water partition coefficient (Wildman–Crippen LogP) is 5.90. The third-order valence-corrected chi connectivity index (χ3v) is 4.23. The maximum atomic E-state index is 2.54. The fraction of sp³-hybridized carbons (Fsp3) is 0.765. The molecule has 0 heteroatoms. The molecule has 1 aliphatic carbocycles. The Balaban J connectivity index is 2.84. The second-order valence-corrected chi connectivity index (χ2v) is 5.65. The van der Waals surface area contributed by atoms with Gasteiger partial charge in [0.15, 0.2) is 0 Å². The zero-order valence-corrected chi connectivity index (χ0v) is 12.3. The summed E-state index contributed by atoms with van der Waals surface area (Å²) in [5.74, 6) is 1.50. The van der Waals surface area contributed by atoms with Crippen LogP contribution >= 0.6 is 0 Å². The third-order valence-electron chi connectivity index (χ3n) is 4.23. The number of rotatable bonds is 2. The van der Waals surface area contributed by atoms with E-state index in [9.17, 15) is 0 Å². The third kappa shape index (κ3) is 4.69. The standard InChI is InChI=1S/C17H30/c1-5-16(6-2)17-12-10-8-7-9-11-14(3)13-15(17)4/h5,13-14,17H,6-12H2,1-4H3. The number of hydrogen-bond acceptors (Lipinski definition) is 0. The van der Waals surface area contributed by atoms with Gasteiger partial charge in [0.05, 0.1) is 0 Å². The molecule has 0 N–H and O–H groups in total. The van der Waals surface area contributed by atoms with Crippen LogP contribution in [0.1, 0.15) is 72.6 Å².